The summed E-state index contributed by atoms with van der Waals surface area (Å²) in [6, 6.07) is 2.82. The molecule has 0 aliphatic rings. The first-order chi connectivity index (χ1) is 15.1. The van der Waals surface area contributed by atoms with Crippen LogP contribution in [0.15, 0.2) is 30.7 Å². The van der Waals surface area contributed by atoms with E-state index in [1.807, 2.05) is 0 Å². The van der Waals surface area contributed by atoms with Crippen LogP contribution in [0, 0.1) is 6.92 Å². The Bertz CT molecular complexity index is 1110. The van der Waals surface area contributed by atoms with Crippen LogP contribution < -0.4 is 10.1 Å². The molecule has 0 aliphatic carbocycles. The lowest BCUT2D eigenvalue weighted by atomic mass is 10.2. The van der Waals surface area contributed by atoms with Gasteiger partial charge in [0.05, 0.1) is 24.1 Å². The number of carbonyl (C=O) groups is 1. The van der Waals surface area contributed by atoms with Gasteiger partial charge in [-0.3, -0.25) is 14.5 Å². The number of pyridine rings is 2. The van der Waals surface area contributed by atoms with Crippen molar-refractivity contribution in [3.8, 4) is 5.88 Å². The van der Waals surface area contributed by atoms with E-state index in [0.717, 1.165) is 0 Å². The summed E-state index contributed by atoms with van der Waals surface area (Å²) in [4.78, 5) is 20.4. The van der Waals surface area contributed by atoms with E-state index in [9.17, 15) is 22.4 Å². The maximum Gasteiger partial charge on any atom is 0.340 e. The van der Waals surface area contributed by atoms with Gasteiger partial charge in [0.2, 0.25) is 5.88 Å². The van der Waals surface area contributed by atoms with Crippen molar-refractivity contribution in [2.24, 2.45) is 0 Å². The van der Waals surface area contributed by atoms with Crippen LogP contribution in [0.5, 0.6) is 5.88 Å². The number of hydrogen-bond acceptors (Lipinski definition) is 6. The van der Waals surface area contributed by atoms with E-state index in [1.165, 1.54) is 12.4 Å². The van der Waals surface area contributed by atoms with Crippen molar-refractivity contribution in [1.82, 2.24) is 25.1 Å². The van der Waals surface area contributed by atoms with E-state index in [2.05, 4.69) is 20.4 Å². The molecule has 0 radical (unpaired) electrons. The molecule has 32 heavy (non-hydrogen) atoms. The van der Waals surface area contributed by atoms with Crippen molar-refractivity contribution < 1.29 is 32.2 Å². The number of alkyl halides is 4. The number of nitrogens with zero attached hydrogens (tertiary/aromatic N) is 4. The van der Waals surface area contributed by atoms with Gasteiger partial charge in [-0.05, 0) is 31.5 Å². The zero-order chi connectivity index (χ0) is 23.5. The van der Waals surface area contributed by atoms with Gasteiger partial charge in [0.25, 0.3) is 5.91 Å². The van der Waals surface area contributed by atoms with Gasteiger partial charge >= 0.3 is 12.3 Å². The zero-order valence-corrected chi connectivity index (χ0v) is 17.2. The second-order valence-corrected chi connectivity index (χ2v) is 7.29. The average molecular weight is 455 g/mol. The molecule has 1 amide bonds. The highest BCUT2D eigenvalue weighted by Gasteiger charge is 2.42. The molecule has 0 bridgehead atoms. The number of amides is 1. The summed E-state index contributed by atoms with van der Waals surface area (Å²) in [6.45, 7) is 1.76. The summed E-state index contributed by atoms with van der Waals surface area (Å²) in [5.74, 6) is -4.88. The number of carbonyl (C=O) groups excluding carboxylic acids is 1. The molecule has 0 saturated carbocycles. The molecular weight excluding hydrogens is 434 g/mol. The molecule has 3 heterocycles. The number of halogens is 4. The van der Waals surface area contributed by atoms with E-state index in [-0.39, 0.29) is 24.7 Å². The highest BCUT2D eigenvalue weighted by atomic mass is 19.3. The standard InChI is InChI=1S/C20H21F4N5O3/c1-11-5-13(6-26-18(11)32-10-20(23,24)19(21)22)7-29-8-14-15(28-29)3-4-25-16(14)17(31)27-12(2)9-30/h3-6,8,12,19,30H,7,9-10H2,1-2H3,(H,27,31). The average Bonchev–Trinajstić information content (AvgIpc) is 3.15. The minimum Gasteiger partial charge on any atom is -0.471 e. The fourth-order valence-corrected chi connectivity index (χ4v) is 2.87. The normalized spacial score (nSPS) is 12.9. The van der Waals surface area contributed by atoms with Crippen LogP contribution >= 0.6 is 0 Å². The van der Waals surface area contributed by atoms with Gasteiger partial charge in [0.1, 0.15) is 5.69 Å². The quantitative estimate of drug-likeness (QED) is 0.481. The number of aryl methyl sites for hydroxylation is 1. The third-order valence-electron chi connectivity index (χ3n) is 4.50. The van der Waals surface area contributed by atoms with E-state index < -0.39 is 30.9 Å². The van der Waals surface area contributed by atoms with Crippen molar-refractivity contribution in [1.29, 1.82) is 0 Å². The second kappa shape index (κ2) is 9.47. The summed E-state index contributed by atoms with van der Waals surface area (Å²) in [5.41, 5.74) is 1.73. The largest absolute Gasteiger partial charge is 0.471 e. The second-order valence-electron chi connectivity index (χ2n) is 7.29. The summed E-state index contributed by atoms with van der Waals surface area (Å²) in [7, 11) is 0. The summed E-state index contributed by atoms with van der Waals surface area (Å²) in [5, 5.41) is 16.6. The highest BCUT2D eigenvalue weighted by molar-refractivity contribution is 6.04. The van der Waals surface area contributed by atoms with Crippen molar-refractivity contribution >= 4 is 16.8 Å². The third-order valence-corrected chi connectivity index (χ3v) is 4.50. The van der Waals surface area contributed by atoms with Crippen molar-refractivity contribution in [2.75, 3.05) is 13.2 Å². The molecule has 0 spiro atoms. The van der Waals surface area contributed by atoms with Crippen LogP contribution in [0.1, 0.15) is 28.5 Å². The maximum atomic E-state index is 13.1. The van der Waals surface area contributed by atoms with Gasteiger partial charge in [-0.1, -0.05) is 0 Å². The van der Waals surface area contributed by atoms with Crippen LogP contribution in [0.2, 0.25) is 0 Å². The SMILES string of the molecule is Cc1cc(Cn2cc3c(C(=O)NC(C)CO)nccc3n2)cnc1OCC(F)(F)C(F)F. The fraction of sp³-hybridized carbons (Fsp3) is 0.400. The molecule has 2 N–H and O–H groups in total. The molecule has 1 unspecified atom stereocenters. The summed E-state index contributed by atoms with van der Waals surface area (Å²) < 4.78 is 57.0. The van der Waals surface area contributed by atoms with E-state index >= 15 is 0 Å². The minimum absolute atomic E-state index is 0.159. The van der Waals surface area contributed by atoms with Crippen molar-refractivity contribution in [3.63, 3.8) is 0 Å². The summed E-state index contributed by atoms with van der Waals surface area (Å²) in [6.07, 6.45) is 0.614. The maximum absolute atomic E-state index is 13.1. The third kappa shape index (κ3) is 5.31. The predicted octanol–water partition coefficient (Wildman–Crippen LogP) is 2.57. The van der Waals surface area contributed by atoms with Gasteiger partial charge in [0.15, 0.2) is 6.61 Å². The van der Waals surface area contributed by atoms with Crippen molar-refractivity contribution in [3.05, 3.63) is 47.5 Å². The van der Waals surface area contributed by atoms with E-state index in [1.54, 1.807) is 36.9 Å². The van der Waals surface area contributed by atoms with Gasteiger partial charge in [-0.15, -0.1) is 0 Å². The molecule has 0 fully saturated rings. The molecule has 3 aromatic heterocycles. The van der Waals surface area contributed by atoms with Gasteiger partial charge in [0, 0.05) is 30.2 Å². The molecule has 0 aromatic carbocycles. The first-order valence-electron chi connectivity index (χ1n) is 9.59. The number of rotatable bonds is 9. The zero-order valence-electron chi connectivity index (χ0n) is 17.2. The highest BCUT2D eigenvalue weighted by Crippen LogP contribution is 2.25. The molecule has 1 atom stereocenters. The van der Waals surface area contributed by atoms with Crippen LogP contribution in [0.3, 0.4) is 0 Å². The van der Waals surface area contributed by atoms with Gasteiger partial charge in [-0.25, -0.2) is 13.8 Å². The van der Waals surface area contributed by atoms with Gasteiger partial charge < -0.3 is 15.2 Å². The van der Waals surface area contributed by atoms with E-state index in [0.29, 0.717) is 22.0 Å². The molecule has 3 rings (SSSR count). The van der Waals surface area contributed by atoms with Crippen LogP contribution in [-0.4, -0.2) is 62.4 Å². The van der Waals surface area contributed by atoms with Crippen molar-refractivity contribution in [2.45, 2.75) is 38.8 Å². The molecule has 0 aliphatic heterocycles. The lowest BCUT2D eigenvalue weighted by molar-refractivity contribution is -0.148. The number of fused-ring (bicyclic) bond motifs is 1. The first-order valence-corrected chi connectivity index (χ1v) is 9.59. The topological polar surface area (TPSA) is 102 Å². The number of aliphatic hydroxyl groups excluding tert-OH is 1. The minimum atomic E-state index is -4.27. The molecule has 8 nitrogen and oxygen atoms in total. The Labute approximate surface area is 180 Å². The number of aliphatic hydroxyl groups is 1. The molecular formula is C20H21F4N5O3. The summed E-state index contributed by atoms with van der Waals surface area (Å²) >= 11 is 0. The Hall–Kier alpha value is -3.28. The van der Waals surface area contributed by atoms with Crippen LogP contribution in [0.25, 0.3) is 10.9 Å². The Balaban J connectivity index is 1.76. The fourth-order valence-electron chi connectivity index (χ4n) is 2.87. The molecule has 3 aromatic rings. The smallest absolute Gasteiger partial charge is 0.340 e. The molecule has 0 saturated heterocycles. The Kier molecular flexibility index (Phi) is 6.92. The number of aromatic nitrogens is 4. The van der Waals surface area contributed by atoms with Gasteiger partial charge in [-0.2, -0.15) is 13.9 Å². The number of nitrogens with one attached hydrogen (secondary N) is 1. The number of ether oxygens (including phenoxy) is 1. The Morgan fingerprint density at radius 3 is 2.75 bits per heavy atom. The molecule has 172 valence electrons. The van der Waals surface area contributed by atoms with E-state index in [4.69, 9.17) is 9.84 Å². The first kappa shape index (κ1) is 23.4. The predicted molar refractivity (Wildman–Crippen MR) is 106 cm³/mol. The lowest BCUT2D eigenvalue weighted by Gasteiger charge is -2.16. The Morgan fingerprint density at radius 2 is 2.09 bits per heavy atom. The van der Waals surface area contributed by atoms with Crippen LogP contribution in [0.4, 0.5) is 17.6 Å². The molecule has 12 heteroatoms. The Morgan fingerprint density at radius 1 is 1.34 bits per heavy atom. The monoisotopic (exact) mass is 455 g/mol. The lowest BCUT2D eigenvalue weighted by Crippen LogP contribution is -2.35. The van der Waals surface area contributed by atoms with Crippen LogP contribution in [-0.2, 0) is 6.54 Å². The number of hydrogen-bond donors (Lipinski definition) is 2.